The molecule has 2 aromatic rings. The molecule has 0 unspecified atom stereocenters. The van der Waals surface area contributed by atoms with Gasteiger partial charge in [-0.25, -0.2) is 0 Å². The number of halogens is 1. The molecule has 0 aliphatic heterocycles. The molecule has 0 saturated heterocycles. The highest BCUT2D eigenvalue weighted by atomic mass is 35.5. The van der Waals surface area contributed by atoms with Crippen molar-refractivity contribution in [3.63, 3.8) is 0 Å². The first-order valence-corrected chi connectivity index (χ1v) is 7.49. The van der Waals surface area contributed by atoms with Crippen LogP contribution in [0, 0.1) is 0 Å². The number of anilines is 1. The van der Waals surface area contributed by atoms with Gasteiger partial charge in [-0.1, -0.05) is 41.9 Å². The van der Waals surface area contributed by atoms with Crippen LogP contribution in [0.15, 0.2) is 48.5 Å². The quantitative estimate of drug-likeness (QED) is 0.860. The number of ether oxygens (including phenoxy) is 1. The maximum atomic E-state index is 12.0. The maximum absolute atomic E-state index is 12.0. The summed E-state index contributed by atoms with van der Waals surface area (Å²) in [6.07, 6.45) is 0. The fraction of sp³-hybridized carbons (Fsp3) is 0.235. The number of rotatable bonds is 6. The third-order valence-electron chi connectivity index (χ3n) is 3.42. The Morgan fingerprint density at radius 1 is 1.27 bits per heavy atom. The van der Waals surface area contributed by atoms with Gasteiger partial charge < -0.3 is 15.4 Å². The predicted molar refractivity (Wildman–Crippen MR) is 88.3 cm³/mol. The first-order chi connectivity index (χ1) is 10.6. The Kier molecular flexibility index (Phi) is 5.81. The van der Waals surface area contributed by atoms with E-state index in [2.05, 4.69) is 24.4 Å². The summed E-state index contributed by atoms with van der Waals surface area (Å²) in [5.41, 5.74) is 1.86. The number of carbonyl (C=O) groups is 1. The minimum absolute atomic E-state index is 0.0657. The van der Waals surface area contributed by atoms with Crippen molar-refractivity contribution in [2.45, 2.75) is 13.0 Å². The van der Waals surface area contributed by atoms with Crippen LogP contribution in [0.1, 0.15) is 18.5 Å². The van der Waals surface area contributed by atoms with Gasteiger partial charge in [0.05, 0.1) is 12.1 Å². The Hall–Kier alpha value is -2.04. The fourth-order valence-electron chi connectivity index (χ4n) is 2.13. The number of carbonyl (C=O) groups excluding carboxylic acids is 1. The van der Waals surface area contributed by atoms with E-state index in [1.165, 1.54) is 5.56 Å². The second-order valence-electron chi connectivity index (χ2n) is 5.04. The Bertz CT molecular complexity index is 632. The summed E-state index contributed by atoms with van der Waals surface area (Å²) in [6.45, 7) is 2.42. The van der Waals surface area contributed by atoms with Crippen molar-refractivity contribution in [1.82, 2.24) is 0 Å². The highest BCUT2D eigenvalue weighted by Crippen LogP contribution is 2.27. The molecule has 1 amide bonds. The van der Waals surface area contributed by atoms with E-state index in [0.717, 1.165) is 0 Å². The lowest BCUT2D eigenvalue weighted by molar-refractivity contribution is -0.682. The Morgan fingerprint density at radius 2 is 2.00 bits per heavy atom. The zero-order valence-electron chi connectivity index (χ0n) is 12.7. The van der Waals surface area contributed by atoms with Crippen LogP contribution in [0.2, 0.25) is 5.02 Å². The van der Waals surface area contributed by atoms with Gasteiger partial charge in [0.2, 0.25) is 0 Å². The zero-order valence-corrected chi connectivity index (χ0v) is 13.4. The number of methoxy groups -OCH3 is 1. The molecular weight excluding hydrogens is 300 g/mol. The third kappa shape index (κ3) is 4.48. The second-order valence-corrected chi connectivity index (χ2v) is 5.44. The van der Waals surface area contributed by atoms with Crippen LogP contribution < -0.4 is 15.4 Å². The van der Waals surface area contributed by atoms with Crippen LogP contribution in [0.4, 0.5) is 5.69 Å². The number of benzene rings is 2. The molecule has 4 nitrogen and oxygen atoms in total. The molecule has 3 N–H and O–H groups in total. The van der Waals surface area contributed by atoms with E-state index in [4.69, 9.17) is 16.3 Å². The maximum Gasteiger partial charge on any atom is 0.279 e. The van der Waals surface area contributed by atoms with Gasteiger partial charge in [0.1, 0.15) is 11.8 Å². The van der Waals surface area contributed by atoms with E-state index in [-0.39, 0.29) is 11.9 Å². The monoisotopic (exact) mass is 319 g/mol. The molecule has 116 valence electrons. The molecule has 0 fully saturated rings. The number of quaternary nitrogens is 1. The van der Waals surface area contributed by atoms with Crippen molar-refractivity contribution < 1.29 is 14.8 Å². The van der Waals surface area contributed by atoms with Gasteiger partial charge in [0.15, 0.2) is 6.54 Å². The van der Waals surface area contributed by atoms with Crippen LogP contribution in [0.3, 0.4) is 0 Å². The lowest BCUT2D eigenvalue weighted by atomic mass is 10.1. The van der Waals surface area contributed by atoms with Crippen LogP contribution in [-0.2, 0) is 4.79 Å². The van der Waals surface area contributed by atoms with Gasteiger partial charge in [-0.3, -0.25) is 4.79 Å². The van der Waals surface area contributed by atoms with Crippen LogP contribution in [0.25, 0.3) is 0 Å². The number of nitrogens with one attached hydrogen (secondary N) is 1. The molecule has 0 aliphatic rings. The smallest absolute Gasteiger partial charge is 0.279 e. The number of amides is 1. The molecule has 0 aliphatic carbocycles. The first-order valence-electron chi connectivity index (χ1n) is 7.12. The average molecular weight is 320 g/mol. The van der Waals surface area contributed by atoms with Crippen molar-refractivity contribution in [2.24, 2.45) is 0 Å². The normalized spacial score (nSPS) is 11.8. The first kappa shape index (κ1) is 16.3. The van der Waals surface area contributed by atoms with Gasteiger partial charge in [0, 0.05) is 11.3 Å². The van der Waals surface area contributed by atoms with Crippen molar-refractivity contribution >= 4 is 23.2 Å². The number of hydrogen-bond acceptors (Lipinski definition) is 2. The van der Waals surface area contributed by atoms with Crippen molar-refractivity contribution in [3.8, 4) is 5.75 Å². The topological polar surface area (TPSA) is 54.9 Å². The molecule has 0 spiro atoms. The van der Waals surface area contributed by atoms with Gasteiger partial charge in [-0.2, -0.15) is 0 Å². The van der Waals surface area contributed by atoms with E-state index in [9.17, 15) is 4.79 Å². The molecule has 0 bridgehead atoms. The summed E-state index contributed by atoms with van der Waals surface area (Å²) in [5, 5.41) is 5.30. The Labute approximate surface area is 135 Å². The van der Waals surface area contributed by atoms with Crippen LogP contribution >= 0.6 is 11.6 Å². The van der Waals surface area contributed by atoms with Crippen molar-refractivity contribution in [1.29, 1.82) is 0 Å². The third-order valence-corrected chi connectivity index (χ3v) is 3.71. The zero-order chi connectivity index (χ0) is 15.9. The number of nitrogens with two attached hydrogens (primary N) is 1. The van der Waals surface area contributed by atoms with Gasteiger partial charge >= 0.3 is 0 Å². The van der Waals surface area contributed by atoms with Gasteiger partial charge in [0.25, 0.3) is 5.91 Å². The Morgan fingerprint density at radius 3 is 2.64 bits per heavy atom. The lowest BCUT2D eigenvalue weighted by Gasteiger charge is -2.11. The summed E-state index contributed by atoms with van der Waals surface area (Å²) >= 11 is 6.04. The molecule has 5 heteroatoms. The SMILES string of the molecule is COc1ccc(NC(=O)C[NH2+][C@H](C)c2ccccc2)cc1Cl. The summed E-state index contributed by atoms with van der Waals surface area (Å²) in [5.74, 6) is 0.521. The largest absolute Gasteiger partial charge is 0.495 e. The Balaban J connectivity index is 1.87. The summed E-state index contributed by atoms with van der Waals surface area (Å²) in [4.78, 5) is 12.0. The molecule has 0 heterocycles. The van der Waals surface area contributed by atoms with Crippen LogP contribution in [-0.4, -0.2) is 19.6 Å². The van der Waals surface area contributed by atoms with E-state index in [1.54, 1.807) is 25.3 Å². The van der Waals surface area contributed by atoms with Crippen molar-refractivity contribution in [2.75, 3.05) is 19.0 Å². The summed E-state index contributed by atoms with van der Waals surface area (Å²) in [6, 6.07) is 15.5. The summed E-state index contributed by atoms with van der Waals surface area (Å²) in [7, 11) is 1.55. The molecule has 2 aromatic carbocycles. The molecule has 0 radical (unpaired) electrons. The predicted octanol–water partition coefficient (Wildman–Crippen LogP) is 2.61. The molecule has 1 atom stereocenters. The highest BCUT2D eigenvalue weighted by molar-refractivity contribution is 6.32. The number of hydrogen-bond donors (Lipinski definition) is 2. The molecule has 2 rings (SSSR count). The van der Waals surface area contributed by atoms with E-state index < -0.39 is 0 Å². The summed E-state index contributed by atoms with van der Waals surface area (Å²) < 4.78 is 5.08. The molecule has 22 heavy (non-hydrogen) atoms. The molecular formula is C17H20ClN2O2+. The average Bonchev–Trinajstić information content (AvgIpc) is 2.53. The minimum atomic E-state index is -0.0657. The van der Waals surface area contributed by atoms with E-state index in [0.29, 0.717) is 23.0 Å². The van der Waals surface area contributed by atoms with Crippen LogP contribution in [0.5, 0.6) is 5.75 Å². The highest BCUT2D eigenvalue weighted by Gasteiger charge is 2.11. The van der Waals surface area contributed by atoms with Gasteiger partial charge in [-0.15, -0.1) is 0 Å². The van der Waals surface area contributed by atoms with Gasteiger partial charge in [-0.05, 0) is 25.1 Å². The molecule has 0 saturated carbocycles. The standard InChI is InChI=1S/C17H19ClN2O2/c1-12(13-6-4-3-5-7-13)19-11-17(21)20-14-8-9-16(22-2)15(18)10-14/h3-10,12,19H,11H2,1-2H3,(H,20,21)/p+1/t12-/m1/s1. The molecule has 0 aromatic heterocycles. The van der Waals surface area contributed by atoms with Crippen molar-refractivity contribution in [3.05, 3.63) is 59.1 Å². The fourth-order valence-corrected chi connectivity index (χ4v) is 2.39. The second kappa shape index (κ2) is 7.82. The van der Waals surface area contributed by atoms with E-state index in [1.807, 2.05) is 23.5 Å². The lowest BCUT2D eigenvalue weighted by Crippen LogP contribution is -2.86. The minimum Gasteiger partial charge on any atom is -0.495 e. The van der Waals surface area contributed by atoms with E-state index >= 15 is 0 Å².